The van der Waals surface area contributed by atoms with Gasteiger partial charge in [0.1, 0.15) is 12.6 Å². The van der Waals surface area contributed by atoms with E-state index in [1.165, 1.54) is 43.4 Å². The summed E-state index contributed by atoms with van der Waals surface area (Å²) in [5, 5.41) is 2.22. The molecule has 1 N–H and O–H groups in total. The van der Waals surface area contributed by atoms with Crippen LogP contribution in [-0.4, -0.2) is 44.8 Å². The largest absolute Gasteiger partial charge is 0.417 e. The molecule has 0 spiro atoms. The maximum absolute atomic E-state index is 14.0. The molecule has 226 valence electrons. The molecule has 2 amide bonds. The lowest BCUT2D eigenvalue weighted by atomic mass is 10.1. The molecule has 3 rings (SSSR count). The molecule has 7 nitrogen and oxygen atoms in total. The van der Waals surface area contributed by atoms with E-state index in [-0.39, 0.29) is 27.9 Å². The minimum Gasteiger partial charge on any atom is -0.357 e. The molecule has 0 aliphatic rings. The summed E-state index contributed by atoms with van der Waals surface area (Å²) in [5.41, 5.74) is -0.698. The van der Waals surface area contributed by atoms with Crippen molar-refractivity contribution in [2.24, 2.45) is 0 Å². The number of hydrogen-bond donors (Lipinski definition) is 1. The van der Waals surface area contributed by atoms with Crippen molar-refractivity contribution in [2.75, 3.05) is 17.9 Å². The third-order valence-corrected chi connectivity index (χ3v) is 9.28. The average molecular weight is 665 g/mol. The van der Waals surface area contributed by atoms with Gasteiger partial charge in [-0.2, -0.15) is 13.2 Å². The Morgan fingerprint density at radius 1 is 0.952 bits per heavy atom. The van der Waals surface area contributed by atoms with Crippen LogP contribution in [0.4, 0.5) is 18.9 Å². The fraction of sp³-hybridized carbons (Fsp3) is 0.286. The van der Waals surface area contributed by atoms with Crippen LogP contribution in [0.1, 0.15) is 30.0 Å². The maximum Gasteiger partial charge on any atom is 0.417 e. The molecule has 0 radical (unpaired) electrons. The number of hydrogen-bond acceptors (Lipinski definition) is 4. The normalized spacial score (nSPS) is 12.5. The van der Waals surface area contributed by atoms with Crippen molar-refractivity contribution in [3.63, 3.8) is 0 Å². The Morgan fingerprint density at radius 3 is 2.07 bits per heavy atom. The number of halogens is 6. The van der Waals surface area contributed by atoms with Crippen LogP contribution in [-0.2, 0) is 32.3 Å². The Labute approximate surface area is 257 Å². The molecule has 3 aromatic carbocycles. The number of nitrogens with zero attached hydrogens (tertiary/aromatic N) is 2. The molecule has 0 aliphatic carbocycles. The van der Waals surface area contributed by atoms with Gasteiger partial charge in [-0.3, -0.25) is 13.9 Å². The average Bonchev–Trinajstić information content (AvgIpc) is 2.92. The molecule has 1 atom stereocenters. The summed E-state index contributed by atoms with van der Waals surface area (Å²) in [4.78, 5) is 27.6. The van der Waals surface area contributed by atoms with Crippen LogP contribution in [0.25, 0.3) is 0 Å². The second-order valence-corrected chi connectivity index (χ2v) is 12.3. The van der Waals surface area contributed by atoms with Crippen molar-refractivity contribution < 1.29 is 31.2 Å². The van der Waals surface area contributed by atoms with E-state index >= 15 is 0 Å². The van der Waals surface area contributed by atoms with Crippen molar-refractivity contribution in [1.82, 2.24) is 10.2 Å². The number of benzene rings is 3. The lowest BCUT2D eigenvalue weighted by Gasteiger charge is -2.33. The lowest BCUT2D eigenvalue weighted by molar-refractivity contribution is -0.140. The highest BCUT2D eigenvalue weighted by atomic mass is 35.5. The van der Waals surface area contributed by atoms with Gasteiger partial charge in [-0.05, 0) is 55.8 Å². The van der Waals surface area contributed by atoms with Gasteiger partial charge < -0.3 is 10.2 Å². The van der Waals surface area contributed by atoms with Crippen molar-refractivity contribution in [1.29, 1.82) is 0 Å². The van der Waals surface area contributed by atoms with Gasteiger partial charge in [-0.25, -0.2) is 8.42 Å². The summed E-state index contributed by atoms with van der Waals surface area (Å²) < 4.78 is 69.5. The first kappa shape index (κ1) is 33.5. The number of nitrogens with one attached hydrogen (secondary N) is 1. The second-order valence-electron chi connectivity index (χ2n) is 9.25. The standard InChI is InChI=1S/C28H27Cl3F3N3O4S/c1-4-25(27(39)35-3)36(15-20-22(29)6-5-7-23(20)30)26(38)16-37(42(40,41)19-11-8-17(2)9-12-19)18-10-13-24(31)21(14-18)28(32,33)34/h5-14,25H,4,15-16H2,1-3H3,(H,35,39)/t25-/m1/s1. The summed E-state index contributed by atoms with van der Waals surface area (Å²) in [6.45, 7) is 2.14. The van der Waals surface area contributed by atoms with E-state index in [9.17, 15) is 31.2 Å². The maximum atomic E-state index is 14.0. The van der Waals surface area contributed by atoms with Crippen LogP contribution in [0.5, 0.6) is 0 Å². The first-order valence-corrected chi connectivity index (χ1v) is 15.1. The Kier molecular flexibility index (Phi) is 10.8. The van der Waals surface area contributed by atoms with Crippen LogP contribution in [0, 0.1) is 6.92 Å². The van der Waals surface area contributed by atoms with Crippen molar-refractivity contribution in [3.8, 4) is 0 Å². The van der Waals surface area contributed by atoms with E-state index < -0.39 is 56.9 Å². The molecule has 0 bridgehead atoms. The summed E-state index contributed by atoms with van der Waals surface area (Å²) >= 11 is 18.5. The monoisotopic (exact) mass is 663 g/mol. The summed E-state index contributed by atoms with van der Waals surface area (Å²) in [6, 6.07) is 11.7. The van der Waals surface area contributed by atoms with Gasteiger partial charge in [0.25, 0.3) is 10.0 Å². The van der Waals surface area contributed by atoms with Gasteiger partial charge in [0.05, 0.1) is 21.2 Å². The number of likely N-dealkylation sites (N-methyl/N-ethyl adjacent to an activating group) is 1. The predicted molar refractivity (Wildman–Crippen MR) is 157 cm³/mol. The van der Waals surface area contributed by atoms with Crippen LogP contribution in [0.3, 0.4) is 0 Å². The Morgan fingerprint density at radius 2 is 1.55 bits per heavy atom. The number of anilines is 1. The minimum atomic E-state index is -4.91. The van der Waals surface area contributed by atoms with Gasteiger partial charge in [-0.1, -0.05) is 65.5 Å². The summed E-state index contributed by atoms with van der Waals surface area (Å²) in [5.74, 6) is -1.44. The highest BCUT2D eigenvalue weighted by molar-refractivity contribution is 7.92. The Hall–Kier alpha value is -2.99. The van der Waals surface area contributed by atoms with Crippen molar-refractivity contribution in [2.45, 2.75) is 43.9 Å². The molecular weight excluding hydrogens is 638 g/mol. The highest BCUT2D eigenvalue weighted by Gasteiger charge is 2.37. The first-order chi connectivity index (χ1) is 19.6. The van der Waals surface area contributed by atoms with Gasteiger partial charge in [0.2, 0.25) is 11.8 Å². The fourth-order valence-corrected chi connectivity index (χ4v) is 6.34. The first-order valence-electron chi connectivity index (χ1n) is 12.5. The Balaban J connectivity index is 2.19. The number of alkyl halides is 3. The molecular formula is C28H27Cl3F3N3O4S. The van der Waals surface area contributed by atoms with Crippen LogP contribution in [0.2, 0.25) is 15.1 Å². The van der Waals surface area contributed by atoms with Crippen molar-refractivity contribution in [3.05, 3.63) is 92.4 Å². The number of carbonyl (C=O) groups excluding carboxylic acids is 2. The van der Waals surface area contributed by atoms with Gasteiger partial charge in [0.15, 0.2) is 0 Å². The molecule has 14 heteroatoms. The van der Waals surface area contributed by atoms with Crippen LogP contribution in [0.15, 0.2) is 65.6 Å². The van der Waals surface area contributed by atoms with E-state index in [2.05, 4.69) is 5.32 Å². The summed E-state index contributed by atoms with van der Waals surface area (Å²) in [6.07, 6.45) is -4.78. The third-order valence-electron chi connectivity index (χ3n) is 6.45. The van der Waals surface area contributed by atoms with Gasteiger partial charge in [0, 0.05) is 29.2 Å². The number of amides is 2. The predicted octanol–water partition coefficient (Wildman–Crippen LogP) is 6.72. The van der Waals surface area contributed by atoms with Crippen LogP contribution >= 0.6 is 34.8 Å². The quantitative estimate of drug-likeness (QED) is 0.261. The van der Waals surface area contributed by atoms with E-state index in [0.717, 1.165) is 22.6 Å². The topological polar surface area (TPSA) is 86.8 Å². The number of aryl methyl sites for hydroxylation is 1. The molecule has 0 aromatic heterocycles. The number of sulfonamides is 1. The van der Waals surface area contributed by atoms with E-state index in [1.807, 2.05) is 0 Å². The highest BCUT2D eigenvalue weighted by Crippen LogP contribution is 2.38. The minimum absolute atomic E-state index is 0.122. The zero-order chi connectivity index (χ0) is 31.4. The second kappa shape index (κ2) is 13.5. The van der Waals surface area contributed by atoms with E-state index in [4.69, 9.17) is 34.8 Å². The zero-order valence-corrected chi connectivity index (χ0v) is 25.8. The van der Waals surface area contributed by atoms with Crippen molar-refractivity contribution >= 4 is 62.3 Å². The van der Waals surface area contributed by atoms with Gasteiger partial charge in [-0.15, -0.1) is 0 Å². The zero-order valence-electron chi connectivity index (χ0n) is 22.7. The molecule has 0 fully saturated rings. The van der Waals surface area contributed by atoms with E-state index in [0.29, 0.717) is 15.9 Å². The lowest BCUT2D eigenvalue weighted by Crippen LogP contribution is -2.51. The number of carbonyl (C=O) groups is 2. The summed E-state index contributed by atoms with van der Waals surface area (Å²) in [7, 11) is -3.23. The third kappa shape index (κ3) is 7.50. The molecule has 0 unspecified atom stereocenters. The molecule has 0 aliphatic heterocycles. The van der Waals surface area contributed by atoms with Gasteiger partial charge >= 0.3 is 6.18 Å². The molecule has 0 saturated heterocycles. The molecule has 0 saturated carbocycles. The van der Waals surface area contributed by atoms with Crippen LogP contribution < -0.4 is 9.62 Å². The smallest absolute Gasteiger partial charge is 0.357 e. The SMILES string of the molecule is CC[C@H](C(=O)NC)N(Cc1c(Cl)cccc1Cl)C(=O)CN(c1ccc(Cl)c(C(F)(F)F)c1)S(=O)(=O)c1ccc(C)cc1. The molecule has 42 heavy (non-hydrogen) atoms. The Bertz CT molecular complexity index is 1550. The molecule has 3 aromatic rings. The number of rotatable bonds is 10. The fourth-order valence-electron chi connectivity index (χ4n) is 4.19. The van der Waals surface area contributed by atoms with E-state index in [1.54, 1.807) is 19.9 Å². The molecule has 0 heterocycles.